The van der Waals surface area contributed by atoms with Crippen molar-refractivity contribution in [3.05, 3.63) is 71.8 Å². The van der Waals surface area contributed by atoms with Gasteiger partial charge < -0.3 is 9.42 Å². The topological polar surface area (TPSA) is 59.2 Å². The van der Waals surface area contributed by atoms with Crippen molar-refractivity contribution < 1.29 is 13.7 Å². The van der Waals surface area contributed by atoms with Crippen LogP contribution < -0.4 is 0 Å². The van der Waals surface area contributed by atoms with Gasteiger partial charge in [-0.25, -0.2) is 4.39 Å². The first-order valence-corrected chi connectivity index (χ1v) is 10.1. The van der Waals surface area contributed by atoms with Gasteiger partial charge in [0.05, 0.1) is 11.8 Å². The predicted molar refractivity (Wildman–Crippen MR) is 105 cm³/mol. The summed E-state index contributed by atoms with van der Waals surface area (Å²) in [6, 6.07) is 16.2. The highest BCUT2D eigenvalue weighted by Gasteiger charge is 2.54. The van der Waals surface area contributed by atoms with Crippen LogP contribution in [0.1, 0.15) is 30.7 Å². The number of fused-ring (bicyclic) bond motifs is 1. The molecule has 0 radical (unpaired) electrons. The number of nitrogens with zero attached hydrogens (tertiary/aromatic N) is 3. The lowest BCUT2D eigenvalue weighted by molar-refractivity contribution is -0.129. The standard InChI is InChI=1S/C23H22FN3O2/c24-19-11-5-4-9-17(19)13-20(28)27-14-18-10-6-12-23(18,15-27)22-25-21(29-26-22)16-7-2-1-3-8-16/h1-5,7-9,11,18H,6,10,12-15H2/t18-,23-/m1/s1. The number of halogens is 1. The third-order valence-electron chi connectivity index (χ3n) is 6.42. The molecule has 29 heavy (non-hydrogen) atoms. The number of hydrogen-bond acceptors (Lipinski definition) is 4. The van der Waals surface area contributed by atoms with Crippen LogP contribution in [-0.4, -0.2) is 34.0 Å². The molecule has 2 heterocycles. The van der Waals surface area contributed by atoms with Crippen molar-refractivity contribution in [3.63, 3.8) is 0 Å². The van der Waals surface area contributed by atoms with Crippen molar-refractivity contribution in [1.82, 2.24) is 15.0 Å². The van der Waals surface area contributed by atoms with Gasteiger partial charge >= 0.3 is 0 Å². The summed E-state index contributed by atoms with van der Waals surface area (Å²) >= 11 is 0. The summed E-state index contributed by atoms with van der Waals surface area (Å²) in [5.41, 5.74) is 1.07. The van der Waals surface area contributed by atoms with Crippen LogP contribution in [0.15, 0.2) is 59.1 Å². The molecule has 3 aromatic rings. The number of amides is 1. The zero-order valence-corrected chi connectivity index (χ0v) is 16.1. The molecule has 148 valence electrons. The van der Waals surface area contributed by atoms with E-state index in [1.54, 1.807) is 18.2 Å². The van der Waals surface area contributed by atoms with E-state index in [0.29, 0.717) is 36.3 Å². The van der Waals surface area contributed by atoms with Crippen molar-refractivity contribution in [2.24, 2.45) is 5.92 Å². The Hall–Kier alpha value is -3.02. The SMILES string of the molecule is O=C(Cc1ccccc1F)N1C[C@H]2CCC[C@@]2(c2noc(-c3ccccc3)n2)C1. The van der Waals surface area contributed by atoms with Gasteiger partial charge in [-0.3, -0.25) is 4.79 Å². The maximum atomic E-state index is 14.0. The molecule has 1 amide bonds. The third kappa shape index (κ3) is 3.12. The minimum atomic E-state index is -0.333. The van der Waals surface area contributed by atoms with Crippen LogP contribution in [0.4, 0.5) is 4.39 Å². The van der Waals surface area contributed by atoms with Gasteiger partial charge in [-0.05, 0) is 42.5 Å². The van der Waals surface area contributed by atoms with Crippen LogP contribution in [0.25, 0.3) is 11.5 Å². The summed E-state index contributed by atoms with van der Waals surface area (Å²) in [5, 5.41) is 4.32. The molecule has 1 saturated heterocycles. The molecule has 0 N–H and O–H groups in total. The maximum Gasteiger partial charge on any atom is 0.257 e. The number of likely N-dealkylation sites (tertiary alicyclic amines) is 1. The van der Waals surface area contributed by atoms with Crippen LogP contribution in [-0.2, 0) is 16.6 Å². The van der Waals surface area contributed by atoms with Gasteiger partial charge in [0.15, 0.2) is 5.82 Å². The smallest absolute Gasteiger partial charge is 0.257 e. The molecule has 0 spiro atoms. The Labute approximate surface area is 168 Å². The maximum absolute atomic E-state index is 14.0. The summed E-state index contributed by atoms with van der Waals surface area (Å²) in [4.78, 5) is 19.5. The molecule has 5 nitrogen and oxygen atoms in total. The number of aromatic nitrogens is 2. The summed E-state index contributed by atoms with van der Waals surface area (Å²) in [6.07, 6.45) is 3.15. The van der Waals surface area contributed by atoms with Crippen molar-refractivity contribution in [3.8, 4) is 11.5 Å². The van der Waals surface area contributed by atoms with Crippen molar-refractivity contribution in [1.29, 1.82) is 0 Å². The van der Waals surface area contributed by atoms with E-state index in [-0.39, 0.29) is 23.6 Å². The van der Waals surface area contributed by atoms with Gasteiger partial charge in [0.2, 0.25) is 5.91 Å². The molecule has 5 rings (SSSR count). The fourth-order valence-electron chi connectivity index (χ4n) is 4.88. The first kappa shape index (κ1) is 18.0. The quantitative estimate of drug-likeness (QED) is 0.675. The molecule has 2 aromatic carbocycles. The number of rotatable bonds is 4. The highest BCUT2D eigenvalue weighted by atomic mass is 19.1. The zero-order chi connectivity index (χ0) is 19.8. The first-order chi connectivity index (χ1) is 14.2. The molecule has 0 unspecified atom stereocenters. The molecule has 1 aliphatic heterocycles. The van der Waals surface area contributed by atoms with Crippen LogP contribution >= 0.6 is 0 Å². The Morgan fingerprint density at radius 3 is 2.79 bits per heavy atom. The van der Waals surface area contributed by atoms with E-state index < -0.39 is 0 Å². The molecule has 6 heteroatoms. The Morgan fingerprint density at radius 1 is 1.17 bits per heavy atom. The average Bonchev–Trinajstić information content (AvgIpc) is 3.44. The minimum absolute atomic E-state index is 0.0457. The first-order valence-electron chi connectivity index (χ1n) is 10.1. The van der Waals surface area contributed by atoms with Crippen molar-refractivity contribution in [2.45, 2.75) is 31.1 Å². The highest BCUT2D eigenvalue weighted by molar-refractivity contribution is 5.79. The van der Waals surface area contributed by atoms with Crippen molar-refractivity contribution in [2.75, 3.05) is 13.1 Å². The molecule has 1 aliphatic carbocycles. The molecule has 1 saturated carbocycles. The highest BCUT2D eigenvalue weighted by Crippen LogP contribution is 2.49. The normalized spacial score (nSPS) is 23.3. The molecule has 2 atom stereocenters. The monoisotopic (exact) mass is 391 g/mol. The number of benzene rings is 2. The number of carbonyl (C=O) groups is 1. The molecule has 1 aromatic heterocycles. The van der Waals surface area contributed by atoms with Crippen LogP contribution in [0.3, 0.4) is 0 Å². The number of hydrogen-bond donors (Lipinski definition) is 0. The zero-order valence-electron chi connectivity index (χ0n) is 16.1. The molecule has 2 fully saturated rings. The van der Waals surface area contributed by atoms with Crippen molar-refractivity contribution >= 4 is 5.91 Å². The van der Waals surface area contributed by atoms with E-state index in [9.17, 15) is 9.18 Å². The van der Waals surface area contributed by atoms with E-state index in [1.807, 2.05) is 35.2 Å². The average molecular weight is 391 g/mol. The Balaban J connectivity index is 1.38. The second-order valence-corrected chi connectivity index (χ2v) is 8.08. The Kier molecular flexibility index (Phi) is 4.42. The van der Waals surface area contributed by atoms with E-state index in [2.05, 4.69) is 5.16 Å². The molecule has 2 aliphatic rings. The van der Waals surface area contributed by atoms with E-state index in [1.165, 1.54) is 6.07 Å². The Morgan fingerprint density at radius 2 is 1.97 bits per heavy atom. The predicted octanol–water partition coefficient (Wildman–Crippen LogP) is 4.00. The van der Waals surface area contributed by atoms with Crippen LogP contribution in [0, 0.1) is 11.7 Å². The van der Waals surface area contributed by atoms with Gasteiger partial charge in [0.25, 0.3) is 5.89 Å². The summed E-state index contributed by atoms with van der Waals surface area (Å²) in [7, 11) is 0. The van der Waals surface area contributed by atoms with Gasteiger partial charge in [-0.1, -0.05) is 48.0 Å². The second-order valence-electron chi connectivity index (χ2n) is 8.08. The fraction of sp³-hybridized carbons (Fsp3) is 0.348. The number of carbonyl (C=O) groups excluding carboxylic acids is 1. The van der Waals surface area contributed by atoms with Gasteiger partial charge in [-0.2, -0.15) is 4.98 Å². The van der Waals surface area contributed by atoms with E-state index in [4.69, 9.17) is 9.51 Å². The largest absolute Gasteiger partial charge is 0.341 e. The van der Waals surface area contributed by atoms with Gasteiger partial charge in [0, 0.05) is 18.7 Å². The van der Waals surface area contributed by atoms with E-state index in [0.717, 1.165) is 24.8 Å². The lowest BCUT2D eigenvalue weighted by Crippen LogP contribution is -2.36. The Bertz CT molecular complexity index is 1040. The summed E-state index contributed by atoms with van der Waals surface area (Å²) in [5.74, 6) is 1.14. The van der Waals surface area contributed by atoms with Crippen LogP contribution in [0.5, 0.6) is 0 Å². The second kappa shape index (κ2) is 7.10. The minimum Gasteiger partial charge on any atom is -0.341 e. The van der Waals surface area contributed by atoms with E-state index >= 15 is 0 Å². The summed E-state index contributed by atoms with van der Waals surface area (Å²) < 4.78 is 19.5. The fourth-order valence-corrected chi connectivity index (χ4v) is 4.88. The molecular formula is C23H22FN3O2. The molecular weight excluding hydrogens is 369 g/mol. The lowest BCUT2D eigenvalue weighted by atomic mass is 9.80. The lowest BCUT2D eigenvalue weighted by Gasteiger charge is -2.24. The van der Waals surface area contributed by atoms with Crippen LogP contribution in [0.2, 0.25) is 0 Å². The third-order valence-corrected chi connectivity index (χ3v) is 6.42. The van der Waals surface area contributed by atoms with Gasteiger partial charge in [0.1, 0.15) is 5.82 Å². The van der Waals surface area contributed by atoms with Gasteiger partial charge in [-0.15, -0.1) is 0 Å². The summed E-state index contributed by atoms with van der Waals surface area (Å²) in [6.45, 7) is 1.24. The molecule has 0 bridgehead atoms.